The smallest absolute Gasteiger partial charge is 0.200 e. The van der Waals surface area contributed by atoms with Crippen LogP contribution in [0.25, 0.3) is 0 Å². The number of nitrogens with two attached hydrogens (primary N) is 1. The number of nitrogens with one attached hydrogen (secondary N) is 3. The average Bonchev–Trinajstić information content (AvgIpc) is 2.20. The molecule has 0 atom stereocenters. The molecule has 0 aliphatic carbocycles. The number of nitrogens with zero attached hydrogens (tertiary/aromatic N) is 2. The Balaban J connectivity index is 1.94. The van der Waals surface area contributed by atoms with E-state index in [9.17, 15) is 0 Å². The van der Waals surface area contributed by atoms with E-state index in [1.807, 2.05) is 0 Å². The quantitative estimate of drug-likeness (QED) is 0.196. The fourth-order valence-electron chi connectivity index (χ4n) is 1.62. The first-order valence-corrected chi connectivity index (χ1v) is 5.42. The molecule has 15 heavy (non-hydrogen) atoms. The van der Waals surface area contributed by atoms with Crippen LogP contribution in [-0.4, -0.2) is 62.1 Å². The van der Waals surface area contributed by atoms with Gasteiger partial charge in [-0.1, -0.05) is 0 Å². The second-order valence-electron chi connectivity index (χ2n) is 3.96. The SMILES string of the molecule is CN1CCN(CCCNNC(=N)N)CC1. The second kappa shape index (κ2) is 6.60. The van der Waals surface area contributed by atoms with Gasteiger partial charge in [0.1, 0.15) is 0 Å². The third-order valence-electron chi connectivity index (χ3n) is 2.60. The molecule has 0 spiro atoms. The summed E-state index contributed by atoms with van der Waals surface area (Å²) in [5.41, 5.74) is 10.6. The number of piperazine rings is 1. The Labute approximate surface area is 91.3 Å². The standard InChI is InChI=1S/C9H22N6/c1-14-5-7-15(8-6-14)4-2-3-12-13-9(10)11/h12H,2-8H2,1H3,(H4,10,11,13). The Morgan fingerprint density at radius 2 is 2.00 bits per heavy atom. The van der Waals surface area contributed by atoms with E-state index >= 15 is 0 Å². The highest BCUT2D eigenvalue weighted by Crippen LogP contribution is 1.99. The van der Waals surface area contributed by atoms with E-state index in [1.165, 1.54) is 13.1 Å². The molecule has 0 unspecified atom stereocenters. The van der Waals surface area contributed by atoms with Crippen molar-refractivity contribution in [3.63, 3.8) is 0 Å². The zero-order valence-corrected chi connectivity index (χ0v) is 9.42. The summed E-state index contributed by atoms with van der Waals surface area (Å²) < 4.78 is 0. The van der Waals surface area contributed by atoms with Crippen LogP contribution >= 0.6 is 0 Å². The molecule has 0 bridgehead atoms. The minimum Gasteiger partial charge on any atom is -0.369 e. The topological polar surface area (TPSA) is 80.4 Å². The first kappa shape index (κ1) is 12.2. The van der Waals surface area contributed by atoms with E-state index in [0.717, 1.165) is 32.6 Å². The van der Waals surface area contributed by atoms with Crippen molar-refractivity contribution in [1.29, 1.82) is 5.41 Å². The van der Waals surface area contributed by atoms with Crippen LogP contribution < -0.4 is 16.6 Å². The zero-order valence-electron chi connectivity index (χ0n) is 9.42. The Kier molecular flexibility index (Phi) is 5.38. The van der Waals surface area contributed by atoms with Gasteiger partial charge in [0, 0.05) is 32.7 Å². The summed E-state index contributed by atoms with van der Waals surface area (Å²) in [6, 6.07) is 0. The van der Waals surface area contributed by atoms with E-state index in [0.29, 0.717) is 0 Å². The molecule has 1 saturated heterocycles. The van der Waals surface area contributed by atoms with Crippen molar-refractivity contribution < 1.29 is 0 Å². The molecule has 6 heteroatoms. The van der Waals surface area contributed by atoms with Crippen molar-refractivity contribution in [3.05, 3.63) is 0 Å². The molecule has 1 heterocycles. The lowest BCUT2D eigenvalue weighted by atomic mass is 10.3. The largest absolute Gasteiger partial charge is 0.369 e. The minimum atomic E-state index is -0.0328. The monoisotopic (exact) mass is 214 g/mol. The Morgan fingerprint density at radius 3 is 2.60 bits per heavy atom. The maximum Gasteiger partial charge on any atom is 0.200 e. The van der Waals surface area contributed by atoms with Crippen molar-refractivity contribution in [1.82, 2.24) is 20.7 Å². The first-order chi connectivity index (χ1) is 7.18. The fraction of sp³-hybridized carbons (Fsp3) is 0.889. The molecule has 0 radical (unpaired) electrons. The van der Waals surface area contributed by atoms with Gasteiger partial charge in [-0.15, -0.1) is 0 Å². The summed E-state index contributed by atoms with van der Waals surface area (Å²) in [6.45, 7) is 6.61. The molecular weight excluding hydrogens is 192 g/mol. The van der Waals surface area contributed by atoms with Crippen LogP contribution in [0.2, 0.25) is 0 Å². The number of hydrogen-bond acceptors (Lipinski definition) is 4. The lowest BCUT2D eigenvalue weighted by Crippen LogP contribution is -2.46. The molecule has 1 fully saturated rings. The van der Waals surface area contributed by atoms with Gasteiger partial charge >= 0.3 is 0 Å². The summed E-state index contributed by atoms with van der Waals surface area (Å²) in [5, 5.41) is 6.94. The Hall–Kier alpha value is -0.850. The van der Waals surface area contributed by atoms with Crippen LogP contribution in [0.15, 0.2) is 0 Å². The molecule has 6 nitrogen and oxygen atoms in total. The van der Waals surface area contributed by atoms with Gasteiger partial charge in [-0.2, -0.15) is 0 Å². The highest BCUT2D eigenvalue weighted by Gasteiger charge is 2.12. The Bertz CT molecular complexity index is 187. The molecule has 1 rings (SSSR count). The molecule has 0 aromatic carbocycles. The van der Waals surface area contributed by atoms with Gasteiger partial charge in [0.05, 0.1) is 0 Å². The molecule has 0 saturated carbocycles. The first-order valence-electron chi connectivity index (χ1n) is 5.42. The highest BCUT2D eigenvalue weighted by molar-refractivity contribution is 5.73. The Morgan fingerprint density at radius 1 is 1.33 bits per heavy atom. The predicted molar refractivity (Wildman–Crippen MR) is 61.6 cm³/mol. The summed E-state index contributed by atoms with van der Waals surface area (Å²) in [6.07, 6.45) is 1.07. The molecule has 1 aliphatic heterocycles. The van der Waals surface area contributed by atoms with E-state index in [1.54, 1.807) is 0 Å². The van der Waals surface area contributed by atoms with E-state index in [4.69, 9.17) is 11.1 Å². The van der Waals surface area contributed by atoms with Crippen molar-refractivity contribution >= 4 is 5.96 Å². The van der Waals surface area contributed by atoms with Crippen LogP contribution in [-0.2, 0) is 0 Å². The average molecular weight is 214 g/mol. The van der Waals surface area contributed by atoms with Gasteiger partial charge in [-0.3, -0.25) is 10.8 Å². The number of guanidine groups is 1. The van der Waals surface area contributed by atoms with Gasteiger partial charge in [0.15, 0.2) is 5.96 Å². The van der Waals surface area contributed by atoms with E-state index < -0.39 is 0 Å². The molecule has 0 amide bonds. The van der Waals surface area contributed by atoms with E-state index in [-0.39, 0.29) is 5.96 Å². The molecule has 5 N–H and O–H groups in total. The molecular formula is C9H22N6. The van der Waals surface area contributed by atoms with Gasteiger partial charge in [0.2, 0.25) is 0 Å². The molecule has 0 aromatic rings. The zero-order chi connectivity index (χ0) is 11.1. The second-order valence-corrected chi connectivity index (χ2v) is 3.96. The lowest BCUT2D eigenvalue weighted by molar-refractivity contribution is 0.152. The number of hydrogen-bond donors (Lipinski definition) is 4. The molecule has 88 valence electrons. The van der Waals surface area contributed by atoms with E-state index in [2.05, 4.69) is 27.7 Å². The number of rotatable bonds is 5. The van der Waals surface area contributed by atoms with Crippen molar-refractivity contribution in [2.75, 3.05) is 46.3 Å². The summed E-state index contributed by atoms with van der Waals surface area (Å²) >= 11 is 0. The van der Waals surface area contributed by atoms with Gasteiger partial charge in [-0.25, -0.2) is 5.43 Å². The normalized spacial score (nSPS) is 19.0. The predicted octanol–water partition coefficient (Wildman–Crippen LogP) is -1.39. The lowest BCUT2D eigenvalue weighted by Gasteiger charge is -2.32. The van der Waals surface area contributed by atoms with Crippen LogP contribution in [0.1, 0.15) is 6.42 Å². The van der Waals surface area contributed by atoms with Crippen molar-refractivity contribution in [2.45, 2.75) is 6.42 Å². The summed E-state index contributed by atoms with van der Waals surface area (Å²) in [5.74, 6) is -0.0328. The van der Waals surface area contributed by atoms with Crippen LogP contribution in [0.3, 0.4) is 0 Å². The van der Waals surface area contributed by atoms with Crippen LogP contribution in [0, 0.1) is 5.41 Å². The summed E-state index contributed by atoms with van der Waals surface area (Å²) in [4.78, 5) is 4.82. The molecule has 1 aliphatic rings. The molecule has 0 aromatic heterocycles. The van der Waals surface area contributed by atoms with Crippen molar-refractivity contribution in [3.8, 4) is 0 Å². The van der Waals surface area contributed by atoms with Crippen LogP contribution in [0.5, 0.6) is 0 Å². The van der Waals surface area contributed by atoms with Gasteiger partial charge in [-0.05, 0) is 20.0 Å². The van der Waals surface area contributed by atoms with Gasteiger partial charge < -0.3 is 15.5 Å². The minimum absolute atomic E-state index is 0.0328. The highest BCUT2D eigenvalue weighted by atomic mass is 15.4. The third kappa shape index (κ3) is 5.56. The van der Waals surface area contributed by atoms with Crippen molar-refractivity contribution in [2.24, 2.45) is 5.73 Å². The number of likely N-dealkylation sites (N-methyl/N-ethyl adjacent to an activating group) is 1. The van der Waals surface area contributed by atoms with Gasteiger partial charge in [0.25, 0.3) is 0 Å². The maximum absolute atomic E-state index is 6.94. The van der Waals surface area contributed by atoms with Crippen LogP contribution in [0.4, 0.5) is 0 Å². The number of hydrazine groups is 1. The third-order valence-corrected chi connectivity index (χ3v) is 2.60. The maximum atomic E-state index is 6.94. The summed E-state index contributed by atoms with van der Waals surface area (Å²) in [7, 11) is 2.16. The fourth-order valence-corrected chi connectivity index (χ4v) is 1.62.